The number of benzene rings is 1. The number of nitrogens with two attached hydrogens (primary N) is 1. The fraction of sp³-hybridized carbons (Fsp3) is 0.312. The summed E-state index contributed by atoms with van der Waals surface area (Å²) in [7, 11) is 0. The highest BCUT2D eigenvalue weighted by Crippen LogP contribution is 2.31. The van der Waals surface area contributed by atoms with Gasteiger partial charge in [0.05, 0.1) is 11.9 Å². The lowest BCUT2D eigenvalue weighted by atomic mass is 10.1. The van der Waals surface area contributed by atoms with Crippen LogP contribution >= 0.6 is 11.6 Å². The first-order valence-electron chi connectivity index (χ1n) is 6.67. The van der Waals surface area contributed by atoms with Crippen molar-refractivity contribution in [1.82, 2.24) is 4.98 Å². The largest absolute Gasteiger partial charge is 0.455 e. The Morgan fingerprint density at radius 3 is 2.40 bits per heavy atom. The number of halogens is 1. The maximum atomic E-state index is 6.01. The topological polar surface area (TPSA) is 48.1 Å². The molecule has 1 heterocycles. The fourth-order valence-electron chi connectivity index (χ4n) is 2.06. The summed E-state index contributed by atoms with van der Waals surface area (Å²) in [5, 5.41) is 0.717. The SMILES string of the molecule is CC[C@@H](N)c1ccc(Oc2c(C)cc(Cl)cc2C)cn1. The summed E-state index contributed by atoms with van der Waals surface area (Å²) in [5.74, 6) is 1.52. The molecule has 0 amide bonds. The molecule has 0 aliphatic rings. The summed E-state index contributed by atoms with van der Waals surface area (Å²) in [4.78, 5) is 4.35. The number of rotatable bonds is 4. The first-order valence-corrected chi connectivity index (χ1v) is 7.05. The molecule has 1 aromatic heterocycles. The van der Waals surface area contributed by atoms with Crippen LogP contribution in [0, 0.1) is 13.8 Å². The Morgan fingerprint density at radius 2 is 1.90 bits per heavy atom. The van der Waals surface area contributed by atoms with Gasteiger partial charge in [0.1, 0.15) is 11.5 Å². The molecule has 0 radical (unpaired) electrons. The number of aromatic nitrogens is 1. The predicted molar refractivity (Wildman–Crippen MR) is 82.5 cm³/mol. The summed E-state index contributed by atoms with van der Waals surface area (Å²) < 4.78 is 5.90. The van der Waals surface area contributed by atoms with Crippen molar-refractivity contribution in [2.45, 2.75) is 33.2 Å². The third kappa shape index (κ3) is 3.30. The number of hydrogen-bond donors (Lipinski definition) is 1. The second kappa shape index (κ2) is 6.25. The standard InChI is InChI=1S/C16H19ClN2O/c1-4-14(18)15-6-5-13(9-19-15)20-16-10(2)7-12(17)8-11(16)3/h5-9,14H,4,18H2,1-3H3/t14-/m1/s1. The Hall–Kier alpha value is -1.58. The zero-order valence-corrected chi connectivity index (χ0v) is 12.7. The molecule has 2 aromatic rings. The van der Waals surface area contributed by atoms with Gasteiger partial charge in [-0.2, -0.15) is 0 Å². The molecule has 4 heteroatoms. The maximum absolute atomic E-state index is 6.01. The van der Waals surface area contributed by atoms with Gasteiger partial charge in [-0.05, 0) is 55.7 Å². The molecule has 0 bridgehead atoms. The van der Waals surface area contributed by atoms with Gasteiger partial charge in [0.25, 0.3) is 0 Å². The smallest absolute Gasteiger partial charge is 0.145 e. The van der Waals surface area contributed by atoms with Crippen LogP contribution in [0.4, 0.5) is 0 Å². The summed E-state index contributed by atoms with van der Waals surface area (Å²) >= 11 is 6.01. The Bertz CT molecular complexity index is 573. The van der Waals surface area contributed by atoms with E-state index >= 15 is 0 Å². The van der Waals surface area contributed by atoms with Crippen molar-refractivity contribution in [2.24, 2.45) is 5.73 Å². The average Bonchev–Trinajstić information content (AvgIpc) is 2.42. The predicted octanol–water partition coefficient (Wildman–Crippen LogP) is 4.55. The first-order chi connectivity index (χ1) is 9.51. The summed E-state index contributed by atoms with van der Waals surface area (Å²) in [6.45, 7) is 5.99. The molecular weight excluding hydrogens is 272 g/mol. The Labute approximate surface area is 124 Å². The van der Waals surface area contributed by atoms with Crippen molar-refractivity contribution in [2.75, 3.05) is 0 Å². The van der Waals surface area contributed by atoms with Crippen molar-refractivity contribution in [3.8, 4) is 11.5 Å². The molecule has 3 nitrogen and oxygen atoms in total. The molecule has 0 spiro atoms. The Kier molecular flexibility index (Phi) is 4.63. The number of hydrogen-bond acceptors (Lipinski definition) is 3. The van der Waals surface area contributed by atoms with Gasteiger partial charge in [-0.1, -0.05) is 18.5 Å². The zero-order chi connectivity index (χ0) is 14.7. The van der Waals surface area contributed by atoms with E-state index in [1.807, 2.05) is 45.0 Å². The molecular formula is C16H19ClN2O. The second-order valence-electron chi connectivity index (χ2n) is 4.90. The van der Waals surface area contributed by atoms with Crippen LogP contribution in [0.5, 0.6) is 11.5 Å². The minimum Gasteiger partial charge on any atom is -0.455 e. The van der Waals surface area contributed by atoms with Crippen molar-refractivity contribution in [3.05, 3.63) is 52.3 Å². The van der Waals surface area contributed by atoms with Crippen LogP contribution in [0.15, 0.2) is 30.5 Å². The van der Waals surface area contributed by atoms with Crippen LogP contribution in [0.25, 0.3) is 0 Å². The number of ether oxygens (including phenoxy) is 1. The van der Waals surface area contributed by atoms with Crippen molar-refractivity contribution in [1.29, 1.82) is 0 Å². The van der Waals surface area contributed by atoms with E-state index in [9.17, 15) is 0 Å². The molecule has 2 N–H and O–H groups in total. The summed E-state index contributed by atoms with van der Waals surface area (Å²) in [6.07, 6.45) is 2.57. The minimum absolute atomic E-state index is 0.0249. The fourth-order valence-corrected chi connectivity index (χ4v) is 2.38. The van der Waals surface area contributed by atoms with Crippen molar-refractivity contribution >= 4 is 11.6 Å². The molecule has 1 atom stereocenters. The normalized spacial score (nSPS) is 12.2. The highest BCUT2D eigenvalue weighted by Gasteiger charge is 2.09. The van der Waals surface area contributed by atoms with Crippen molar-refractivity contribution in [3.63, 3.8) is 0 Å². The van der Waals surface area contributed by atoms with Crippen molar-refractivity contribution < 1.29 is 4.74 Å². The lowest BCUT2D eigenvalue weighted by molar-refractivity contribution is 0.471. The van der Waals surface area contributed by atoms with E-state index in [1.54, 1.807) is 6.20 Å². The highest BCUT2D eigenvalue weighted by molar-refractivity contribution is 6.30. The van der Waals surface area contributed by atoms with Crippen LogP contribution in [0.1, 0.15) is 36.2 Å². The zero-order valence-electron chi connectivity index (χ0n) is 12.0. The quantitative estimate of drug-likeness (QED) is 0.898. The van der Waals surface area contributed by atoms with Crippen LogP contribution < -0.4 is 10.5 Å². The lowest BCUT2D eigenvalue weighted by Gasteiger charge is -2.13. The molecule has 0 saturated heterocycles. The van der Waals surface area contributed by atoms with Gasteiger partial charge in [-0.15, -0.1) is 0 Å². The lowest BCUT2D eigenvalue weighted by Crippen LogP contribution is -2.10. The molecule has 0 aliphatic heterocycles. The van der Waals surface area contributed by atoms with E-state index in [0.717, 1.165) is 34.0 Å². The van der Waals surface area contributed by atoms with E-state index in [0.29, 0.717) is 5.75 Å². The summed E-state index contributed by atoms with van der Waals surface area (Å²) in [5.41, 5.74) is 8.83. The highest BCUT2D eigenvalue weighted by atomic mass is 35.5. The van der Waals surface area contributed by atoms with E-state index in [1.165, 1.54) is 0 Å². The van der Waals surface area contributed by atoms with Gasteiger partial charge < -0.3 is 10.5 Å². The molecule has 1 aromatic carbocycles. The monoisotopic (exact) mass is 290 g/mol. The molecule has 2 rings (SSSR count). The van der Waals surface area contributed by atoms with Crippen LogP contribution in [0.2, 0.25) is 5.02 Å². The van der Waals surface area contributed by atoms with E-state index in [-0.39, 0.29) is 6.04 Å². The number of nitrogens with zero attached hydrogens (tertiary/aromatic N) is 1. The third-order valence-corrected chi connectivity index (χ3v) is 3.44. The summed E-state index contributed by atoms with van der Waals surface area (Å²) in [6, 6.07) is 7.55. The molecule has 0 unspecified atom stereocenters. The molecule has 0 aliphatic carbocycles. The minimum atomic E-state index is -0.0249. The number of pyridine rings is 1. The number of aryl methyl sites for hydroxylation is 2. The van der Waals surface area contributed by atoms with Crippen LogP contribution in [-0.4, -0.2) is 4.98 Å². The molecule has 20 heavy (non-hydrogen) atoms. The van der Waals surface area contributed by atoms with Gasteiger partial charge in [0, 0.05) is 11.1 Å². The first kappa shape index (κ1) is 14.8. The second-order valence-corrected chi connectivity index (χ2v) is 5.34. The van der Waals surface area contributed by atoms with Crippen LogP contribution in [-0.2, 0) is 0 Å². The molecule has 0 fully saturated rings. The van der Waals surface area contributed by atoms with Gasteiger partial charge in [0.15, 0.2) is 0 Å². The van der Waals surface area contributed by atoms with E-state index in [4.69, 9.17) is 22.1 Å². The molecule has 0 saturated carbocycles. The Morgan fingerprint density at radius 1 is 1.25 bits per heavy atom. The third-order valence-electron chi connectivity index (χ3n) is 3.22. The molecule has 106 valence electrons. The van der Waals surface area contributed by atoms with Crippen LogP contribution in [0.3, 0.4) is 0 Å². The Balaban J connectivity index is 2.23. The van der Waals surface area contributed by atoms with E-state index in [2.05, 4.69) is 4.98 Å². The van der Waals surface area contributed by atoms with Gasteiger partial charge in [-0.25, -0.2) is 0 Å². The van der Waals surface area contributed by atoms with Gasteiger partial charge in [0.2, 0.25) is 0 Å². The average molecular weight is 291 g/mol. The van der Waals surface area contributed by atoms with E-state index < -0.39 is 0 Å². The maximum Gasteiger partial charge on any atom is 0.145 e. The van der Waals surface area contributed by atoms with Gasteiger partial charge >= 0.3 is 0 Å². The van der Waals surface area contributed by atoms with Gasteiger partial charge in [-0.3, -0.25) is 4.98 Å².